The number of morpholine rings is 1. The van der Waals surface area contributed by atoms with Crippen molar-refractivity contribution >= 4 is 17.5 Å². The van der Waals surface area contributed by atoms with Gasteiger partial charge >= 0.3 is 6.09 Å². The molecule has 1 aliphatic rings. The number of para-hydroxylation sites is 1. The van der Waals surface area contributed by atoms with Gasteiger partial charge in [-0.25, -0.2) is 9.18 Å². The molecule has 0 radical (unpaired) electrons. The lowest BCUT2D eigenvalue weighted by Gasteiger charge is -2.29. The summed E-state index contributed by atoms with van der Waals surface area (Å²) in [7, 11) is 0. The van der Waals surface area contributed by atoms with Crippen molar-refractivity contribution in [2.45, 2.75) is 13.8 Å². The highest BCUT2D eigenvalue weighted by atomic mass is 19.1. The second kappa shape index (κ2) is 11.0. The summed E-state index contributed by atoms with van der Waals surface area (Å²) >= 11 is 0. The van der Waals surface area contributed by atoms with Crippen molar-refractivity contribution in [2.75, 3.05) is 36.5 Å². The van der Waals surface area contributed by atoms with Crippen LogP contribution in [0.3, 0.4) is 0 Å². The van der Waals surface area contributed by atoms with Gasteiger partial charge in [0, 0.05) is 18.8 Å². The number of hydrogen-bond donors (Lipinski definition) is 1. The molecule has 3 rings (SSSR count). The van der Waals surface area contributed by atoms with Crippen LogP contribution in [0.15, 0.2) is 60.7 Å². The molecule has 2 aromatic carbocycles. The average Bonchev–Trinajstić information content (AvgIpc) is 2.69. The molecule has 27 heavy (non-hydrogen) atoms. The van der Waals surface area contributed by atoms with Crippen molar-refractivity contribution in [1.82, 2.24) is 0 Å². The van der Waals surface area contributed by atoms with E-state index in [9.17, 15) is 9.18 Å². The molecule has 1 N–H and O–H groups in total. The first kappa shape index (κ1) is 20.5. The zero-order valence-electron chi connectivity index (χ0n) is 15.7. The summed E-state index contributed by atoms with van der Waals surface area (Å²) < 4.78 is 24.6. The molecule has 0 saturated carbocycles. The highest BCUT2D eigenvalue weighted by Gasteiger charge is 2.16. The fourth-order valence-electron chi connectivity index (χ4n) is 2.38. The number of nitrogens with zero attached hydrogens (tertiary/aromatic N) is 1. The monoisotopic (exact) mass is 372 g/mol. The zero-order valence-corrected chi connectivity index (χ0v) is 15.7. The number of amides is 1. The minimum Gasteiger partial charge on any atom is -0.410 e. The number of halogens is 1. The Labute approximate surface area is 159 Å². The number of anilines is 2. The van der Waals surface area contributed by atoms with E-state index in [0.29, 0.717) is 43.4 Å². The van der Waals surface area contributed by atoms with E-state index < -0.39 is 6.09 Å². The first-order valence-corrected chi connectivity index (χ1v) is 8.87. The fraction of sp³-hybridized carbons (Fsp3) is 0.286. The molecular formula is C21H25FN2O3. The number of hydrogen-bond acceptors (Lipinski definition) is 4. The Morgan fingerprint density at radius 3 is 2.37 bits per heavy atom. The largest absolute Gasteiger partial charge is 0.417 e. The molecule has 5 nitrogen and oxygen atoms in total. The van der Waals surface area contributed by atoms with Crippen molar-refractivity contribution < 1.29 is 18.7 Å². The van der Waals surface area contributed by atoms with Crippen LogP contribution in [0.4, 0.5) is 20.6 Å². The van der Waals surface area contributed by atoms with Crippen LogP contribution >= 0.6 is 0 Å². The number of nitrogens with one attached hydrogen (secondary N) is 1. The molecule has 1 aliphatic heterocycles. The summed E-state index contributed by atoms with van der Waals surface area (Å²) in [6, 6.07) is 13.3. The second-order valence-electron chi connectivity index (χ2n) is 5.76. The van der Waals surface area contributed by atoms with E-state index >= 15 is 0 Å². The molecule has 1 amide bonds. The van der Waals surface area contributed by atoms with Gasteiger partial charge in [-0.15, -0.1) is 0 Å². The maximum atomic E-state index is 14.2. The van der Waals surface area contributed by atoms with Crippen LogP contribution in [-0.4, -0.2) is 32.4 Å². The van der Waals surface area contributed by atoms with Crippen molar-refractivity contribution in [3.05, 3.63) is 66.5 Å². The van der Waals surface area contributed by atoms with Crippen LogP contribution in [0.2, 0.25) is 0 Å². The lowest BCUT2D eigenvalue weighted by atomic mass is 10.2. The normalized spacial score (nSPS) is 13.7. The van der Waals surface area contributed by atoms with Crippen LogP contribution < -0.4 is 15.0 Å². The van der Waals surface area contributed by atoms with E-state index in [1.807, 2.05) is 37.0 Å². The fourth-order valence-corrected chi connectivity index (χ4v) is 2.38. The summed E-state index contributed by atoms with van der Waals surface area (Å²) in [5.41, 5.74) is 0.857. The van der Waals surface area contributed by atoms with Crippen LogP contribution in [-0.2, 0) is 4.74 Å². The van der Waals surface area contributed by atoms with Gasteiger partial charge in [-0.2, -0.15) is 0 Å². The van der Waals surface area contributed by atoms with Crippen LogP contribution in [0, 0.1) is 5.82 Å². The minimum absolute atomic E-state index is 0.348. The van der Waals surface area contributed by atoms with E-state index in [1.165, 1.54) is 6.07 Å². The van der Waals surface area contributed by atoms with Crippen LogP contribution in [0.5, 0.6) is 5.75 Å². The number of ether oxygens (including phenoxy) is 2. The van der Waals surface area contributed by atoms with Gasteiger partial charge in [-0.05, 0) is 44.2 Å². The second-order valence-corrected chi connectivity index (χ2v) is 5.76. The summed E-state index contributed by atoms with van der Waals surface area (Å²) in [6.45, 7) is 6.48. The molecule has 0 aromatic heterocycles. The predicted molar refractivity (Wildman–Crippen MR) is 106 cm³/mol. The Morgan fingerprint density at radius 2 is 1.78 bits per heavy atom. The number of carbonyl (C=O) groups is 1. The SMILES string of the molecule is CC=CC.O=C(Nc1ccc(N2CCOCC2)c(F)c1)Oc1ccccc1. The van der Waals surface area contributed by atoms with E-state index in [0.717, 1.165) is 0 Å². The third-order valence-corrected chi connectivity index (χ3v) is 3.83. The topological polar surface area (TPSA) is 50.8 Å². The molecule has 0 atom stereocenters. The molecule has 0 bridgehead atoms. The molecule has 1 heterocycles. The van der Waals surface area contributed by atoms with Crippen LogP contribution in [0.1, 0.15) is 13.8 Å². The highest BCUT2D eigenvalue weighted by Crippen LogP contribution is 2.24. The lowest BCUT2D eigenvalue weighted by Crippen LogP contribution is -2.36. The van der Waals surface area contributed by atoms with Crippen molar-refractivity contribution in [1.29, 1.82) is 0 Å². The standard InChI is InChI=1S/C17H17FN2O3.C4H8/c18-15-12-13(6-7-16(15)20-8-10-22-11-9-20)19-17(21)23-14-4-2-1-3-5-14;1-3-4-2/h1-7,12H,8-11H2,(H,19,21);3-4H,1-2H3. The Kier molecular flexibility index (Phi) is 8.32. The predicted octanol–water partition coefficient (Wildman–Crippen LogP) is 4.86. The molecule has 144 valence electrons. The van der Waals surface area contributed by atoms with E-state index in [-0.39, 0.29) is 5.82 Å². The summed E-state index contributed by atoms with van der Waals surface area (Å²) in [4.78, 5) is 13.7. The summed E-state index contributed by atoms with van der Waals surface area (Å²) in [5.74, 6) is 0.0415. The minimum atomic E-state index is -0.658. The molecular weight excluding hydrogens is 347 g/mol. The van der Waals surface area contributed by atoms with E-state index in [4.69, 9.17) is 9.47 Å². The molecule has 0 unspecified atom stereocenters. The van der Waals surface area contributed by atoms with Crippen molar-refractivity contribution in [3.63, 3.8) is 0 Å². The number of benzene rings is 2. The molecule has 1 saturated heterocycles. The highest BCUT2D eigenvalue weighted by molar-refractivity contribution is 5.86. The third-order valence-electron chi connectivity index (χ3n) is 3.83. The van der Waals surface area contributed by atoms with Gasteiger partial charge in [-0.1, -0.05) is 30.4 Å². The van der Waals surface area contributed by atoms with Gasteiger partial charge in [0.2, 0.25) is 0 Å². The van der Waals surface area contributed by atoms with Gasteiger partial charge in [-0.3, -0.25) is 5.32 Å². The quantitative estimate of drug-likeness (QED) is 0.782. The summed E-state index contributed by atoms with van der Waals surface area (Å²) in [5, 5.41) is 2.52. The van der Waals surface area contributed by atoms with E-state index in [2.05, 4.69) is 5.32 Å². The molecule has 1 fully saturated rings. The lowest BCUT2D eigenvalue weighted by molar-refractivity contribution is 0.122. The molecule has 2 aromatic rings. The molecule has 0 spiro atoms. The van der Waals surface area contributed by atoms with Gasteiger partial charge in [0.25, 0.3) is 0 Å². The van der Waals surface area contributed by atoms with Crippen molar-refractivity contribution in [3.8, 4) is 5.75 Å². The first-order chi connectivity index (χ1) is 13.1. The number of carbonyl (C=O) groups excluding carboxylic acids is 1. The van der Waals surface area contributed by atoms with Gasteiger partial charge in [0.1, 0.15) is 11.6 Å². The Bertz CT molecular complexity index is 740. The average molecular weight is 372 g/mol. The maximum Gasteiger partial charge on any atom is 0.417 e. The Hall–Kier alpha value is -2.86. The van der Waals surface area contributed by atoms with Gasteiger partial charge < -0.3 is 14.4 Å². The maximum absolute atomic E-state index is 14.2. The zero-order chi connectivity index (χ0) is 19.5. The summed E-state index contributed by atoms with van der Waals surface area (Å²) in [6.07, 6.45) is 3.34. The Morgan fingerprint density at radius 1 is 1.11 bits per heavy atom. The van der Waals surface area contributed by atoms with E-state index in [1.54, 1.807) is 36.4 Å². The van der Waals surface area contributed by atoms with Crippen LogP contribution in [0.25, 0.3) is 0 Å². The number of allylic oxidation sites excluding steroid dienone is 2. The van der Waals surface area contributed by atoms with Gasteiger partial charge in [0.05, 0.1) is 18.9 Å². The number of rotatable bonds is 3. The third kappa shape index (κ3) is 6.75. The van der Waals surface area contributed by atoms with Gasteiger partial charge in [0.15, 0.2) is 0 Å². The molecule has 0 aliphatic carbocycles. The first-order valence-electron chi connectivity index (χ1n) is 8.87. The Balaban J connectivity index is 0.000000596. The van der Waals surface area contributed by atoms with Crippen molar-refractivity contribution in [2.24, 2.45) is 0 Å². The smallest absolute Gasteiger partial charge is 0.410 e. The molecule has 6 heteroatoms.